The van der Waals surface area contributed by atoms with Gasteiger partial charge in [-0.2, -0.15) is 0 Å². The summed E-state index contributed by atoms with van der Waals surface area (Å²) in [5.41, 5.74) is 3.04. The molecule has 0 aliphatic rings. The van der Waals surface area contributed by atoms with E-state index in [0.29, 0.717) is 5.69 Å². The molecule has 0 spiro atoms. The Kier molecular flexibility index (Phi) is 2.91. The molecule has 80 valence electrons. The maximum atomic E-state index is 8.47. The highest BCUT2D eigenvalue weighted by Gasteiger charge is 1.98. The van der Waals surface area contributed by atoms with Gasteiger partial charge in [0.1, 0.15) is 0 Å². The molecule has 16 heavy (non-hydrogen) atoms. The molecule has 2 rings (SSSR count). The van der Waals surface area contributed by atoms with Crippen molar-refractivity contribution in [2.75, 3.05) is 0 Å². The van der Waals surface area contributed by atoms with Crippen LogP contribution in [0.5, 0.6) is 0 Å². The number of aliphatic hydroxyl groups excluding tert-OH is 1. The standard InChI is InChI=1S/C12H10N3O/c1-9-3-2-4-11(15-9)12-7-10(14-8-16)5-6-13-12/h2-7H,1H3,(H,13,14,16)/q-1. The fourth-order valence-electron chi connectivity index (χ4n) is 1.37. The molecule has 0 aliphatic carbocycles. The van der Waals surface area contributed by atoms with E-state index in [1.54, 1.807) is 24.7 Å². The van der Waals surface area contributed by atoms with E-state index in [1.807, 2.05) is 25.1 Å². The van der Waals surface area contributed by atoms with E-state index in [-0.39, 0.29) is 0 Å². The van der Waals surface area contributed by atoms with E-state index in [9.17, 15) is 0 Å². The summed E-state index contributed by atoms with van der Waals surface area (Å²) in [6.07, 6.45) is 3.37. The van der Waals surface area contributed by atoms with Gasteiger partial charge < -0.3 is 10.1 Å². The van der Waals surface area contributed by atoms with Crippen LogP contribution in [0.3, 0.4) is 0 Å². The maximum absolute atomic E-state index is 8.47. The number of nitrogens with zero attached hydrogens (tertiary/aromatic N) is 3. The lowest BCUT2D eigenvalue weighted by Crippen LogP contribution is -1.88. The predicted molar refractivity (Wildman–Crippen MR) is 61.9 cm³/mol. The number of pyridine rings is 2. The zero-order valence-electron chi connectivity index (χ0n) is 8.75. The summed E-state index contributed by atoms with van der Waals surface area (Å²) in [7, 11) is 0. The van der Waals surface area contributed by atoms with Gasteiger partial charge in [0.05, 0.1) is 11.4 Å². The summed E-state index contributed by atoms with van der Waals surface area (Å²) in [5.74, 6) is 0. The van der Waals surface area contributed by atoms with Crippen LogP contribution in [0, 0.1) is 6.92 Å². The zero-order chi connectivity index (χ0) is 11.4. The second kappa shape index (κ2) is 4.53. The first kappa shape index (κ1) is 10.3. The highest BCUT2D eigenvalue weighted by molar-refractivity contribution is 5.61. The van der Waals surface area contributed by atoms with Crippen LogP contribution in [0.2, 0.25) is 0 Å². The third-order valence-electron chi connectivity index (χ3n) is 2.07. The quantitative estimate of drug-likeness (QED) is 0.472. The van der Waals surface area contributed by atoms with Gasteiger partial charge >= 0.3 is 0 Å². The van der Waals surface area contributed by atoms with Gasteiger partial charge in [0.25, 0.3) is 0 Å². The number of aryl methyl sites for hydroxylation is 1. The van der Waals surface area contributed by atoms with Gasteiger partial charge in [-0.25, -0.2) is 0 Å². The molecule has 0 aliphatic heterocycles. The van der Waals surface area contributed by atoms with E-state index in [4.69, 9.17) is 5.11 Å². The highest BCUT2D eigenvalue weighted by atomic mass is 16.3. The Morgan fingerprint density at radius 1 is 1.25 bits per heavy atom. The maximum Gasteiger partial charge on any atom is 0.0874 e. The zero-order valence-corrected chi connectivity index (χ0v) is 8.75. The second-order valence-corrected chi connectivity index (χ2v) is 3.28. The van der Waals surface area contributed by atoms with Crippen molar-refractivity contribution in [3.8, 4) is 11.4 Å². The highest BCUT2D eigenvalue weighted by Crippen LogP contribution is 2.19. The Morgan fingerprint density at radius 3 is 2.88 bits per heavy atom. The van der Waals surface area contributed by atoms with Crippen LogP contribution in [-0.4, -0.2) is 21.5 Å². The molecule has 0 atom stereocenters. The second-order valence-electron chi connectivity index (χ2n) is 3.28. The molecule has 0 bridgehead atoms. The van der Waals surface area contributed by atoms with Crippen molar-refractivity contribution in [1.82, 2.24) is 9.97 Å². The van der Waals surface area contributed by atoms with Gasteiger partial charge in [-0.15, -0.1) is 6.07 Å². The van der Waals surface area contributed by atoms with Crippen LogP contribution < -0.4 is 0 Å². The predicted octanol–water partition coefficient (Wildman–Crippen LogP) is 2.55. The summed E-state index contributed by atoms with van der Waals surface area (Å²) in [6.45, 7) is 1.92. The molecule has 2 aromatic heterocycles. The van der Waals surface area contributed by atoms with Crippen molar-refractivity contribution in [2.45, 2.75) is 6.92 Å². The van der Waals surface area contributed by atoms with Gasteiger partial charge in [0.2, 0.25) is 0 Å². The van der Waals surface area contributed by atoms with Gasteiger partial charge in [-0.1, -0.05) is 17.8 Å². The first-order valence-corrected chi connectivity index (χ1v) is 4.79. The molecule has 0 radical (unpaired) electrons. The third kappa shape index (κ3) is 2.23. The van der Waals surface area contributed by atoms with Crippen molar-refractivity contribution >= 4 is 12.1 Å². The Labute approximate surface area is 93.3 Å². The lowest BCUT2D eigenvalue weighted by atomic mass is 10.2. The molecular weight excluding hydrogens is 202 g/mol. The summed E-state index contributed by atoms with van der Waals surface area (Å²) in [4.78, 5) is 12.2. The minimum absolute atomic E-state index is 0.593. The molecule has 4 nitrogen and oxygen atoms in total. The van der Waals surface area contributed by atoms with E-state index in [0.717, 1.165) is 17.1 Å². The molecule has 1 N–H and O–H groups in total. The number of aliphatic imine (C=N–C) groups is 1. The Balaban J connectivity index is 2.44. The molecule has 4 heteroatoms. The number of aliphatic hydroxyl groups is 1. The molecule has 0 unspecified atom stereocenters. The van der Waals surface area contributed by atoms with E-state index in [2.05, 4.69) is 15.0 Å². The lowest BCUT2D eigenvalue weighted by Gasteiger charge is -2.06. The third-order valence-corrected chi connectivity index (χ3v) is 2.07. The molecule has 0 saturated carbocycles. The Hall–Kier alpha value is -2.23. The number of aromatic nitrogens is 2. The topological polar surface area (TPSA) is 58.4 Å². The van der Waals surface area contributed by atoms with Crippen LogP contribution in [0.4, 0.5) is 5.69 Å². The van der Waals surface area contributed by atoms with E-state index in [1.165, 1.54) is 0 Å². The average molecular weight is 212 g/mol. The van der Waals surface area contributed by atoms with Crippen LogP contribution in [0.1, 0.15) is 5.69 Å². The van der Waals surface area contributed by atoms with Crippen molar-refractivity contribution in [3.63, 3.8) is 0 Å². The van der Waals surface area contributed by atoms with Crippen molar-refractivity contribution in [3.05, 3.63) is 42.2 Å². The fourth-order valence-corrected chi connectivity index (χ4v) is 1.37. The summed E-state index contributed by atoms with van der Waals surface area (Å²) in [5, 5.41) is 8.47. The number of rotatable bonds is 2. The number of hydrogen-bond acceptors (Lipinski definition) is 3. The van der Waals surface area contributed by atoms with E-state index >= 15 is 0 Å². The molecule has 0 amide bonds. The monoisotopic (exact) mass is 212 g/mol. The minimum atomic E-state index is 0.593. The van der Waals surface area contributed by atoms with E-state index < -0.39 is 0 Å². The first-order chi connectivity index (χ1) is 7.79. The van der Waals surface area contributed by atoms with Gasteiger partial charge in [0, 0.05) is 18.3 Å². The van der Waals surface area contributed by atoms with Crippen LogP contribution in [-0.2, 0) is 0 Å². The van der Waals surface area contributed by atoms with Crippen molar-refractivity contribution < 1.29 is 5.11 Å². The molecule has 2 aromatic rings. The number of hydrogen-bond donors (Lipinski definition) is 1. The van der Waals surface area contributed by atoms with Gasteiger partial charge in [-0.05, 0) is 19.1 Å². The Bertz CT molecular complexity index is 523. The molecule has 0 aromatic carbocycles. The fraction of sp³-hybridized carbons (Fsp3) is 0.0833. The van der Waals surface area contributed by atoms with Crippen LogP contribution in [0.15, 0.2) is 41.5 Å². The van der Waals surface area contributed by atoms with Crippen molar-refractivity contribution in [1.29, 1.82) is 0 Å². The minimum Gasteiger partial charge on any atom is -0.588 e. The largest absolute Gasteiger partial charge is 0.588 e. The van der Waals surface area contributed by atoms with Crippen LogP contribution >= 0.6 is 0 Å². The van der Waals surface area contributed by atoms with Crippen molar-refractivity contribution in [2.24, 2.45) is 4.99 Å². The SMILES string of the molecule is Cc1cccc(-c2cc(N=[C-]O)ccn2)n1. The summed E-state index contributed by atoms with van der Waals surface area (Å²) >= 11 is 0. The average Bonchev–Trinajstić information content (AvgIpc) is 2.30. The van der Waals surface area contributed by atoms with Gasteiger partial charge in [-0.3, -0.25) is 9.97 Å². The molecular formula is C12H10N3O-. The summed E-state index contributed by atoms with van der Waals surface area (Å²) in [6, 6.07) is 9.15. The molecule has 2 heterocycles. The Morgan fingerprint density at radius 2 is 2.12 bits per heavy atom. The lowest BCUT2D eigenvalue weighted by molar-refractivity contribution is 0.580. The van der Waals surface area contributed by atoms with Gasteiger partial charge in [0.15, 0.2) is 0 Å². The first-order valence-electron chi connectivity index (χ1n) is 4.79. The molecule has 0 saturated heterocycles. The van der Waals surface area contributed by atoms with Crippen LogP contribution in [0.25, 0.3) is 11.4 Å². The molecule has 0 fully saturated rings. The summed E-state index contributed by atoms with van der Waals surface area (Å²) < 4.78 is 0. The normalized spacial score (nSPS) is 10.8. The smallest absolute Gasteiger partial charge is 0.0874 e.